The highest BCUT2D eigenvalue weighted by Gasteiger charge is 2.40. The van der Waals surface area contributed by atoms with Crippen LogP contribution in [0.25, 0.3) is 0 Å². The monoisotopic (exact) mass is 154 g/mol. The summed E-state index contributed by atoms with van der Waals surface area (Å²) in [5.74, 6) is 0. The summed E-state index contributed by atoms with van der Waals surface area (Å²) >= 11 is 0. The van der Waals surface area contributed by atoms with Gasteiger partial charge >= 0.3 is 0 Å². The molecule has 60 valence electrons. The Kier molecular flexibility index (Phi) is 1.56. The zero-order valence-corrected chi connectivity index (χ0v) is 5.92. The van der Waals surface area contributed by atoms with Crippen LogP contribution >= 0.6 is 0 Å². The van der Waals surface area contributed by atoms with Crippen molar-refractivity contribution < 1.29 is 14.9 Å². The summed E-state index contributed by atoms with van der Waals surface area (Å²) in [5, 5.41) is 18.7. The van der Waals surface area contributed by atoms with Crippen molar-refractivity contribution >= 4 is 0 Å². The first-order chi connectivity index (χ1) is 5.29. The summed E-state index contributed by atoms with van der Waals surface area (Å²) in [6, 6.07) is 0. The molecule has 2 heterocycles. The quantitative estimate of drug-likeness (QED) is 0.499. The van der Waals surface area contributed by atoms with E-state index >= 15 is 0 Å². The second-order valence-electron chi connectivity index (χ2n) is 2.82. The van der Waals surface area contributed by atoms with E-state index in [-0.39, 0.29) is 12.2 Å². The lowest BCUT2D eigenvalue weighted by atomic mass is 10.1. The van der Waals surface area contributed by atoms with Crippen molar-refractivity contribution in [3.8, 4) is 0 Å². The van der Waals surface area contributed by atoms with E-state index < -0.39 is 12.2 Å². The molecule has 2 bridgehead atoms. The van der Waals surface area contributed by atoms with E-state index in [0.717, 1.165) is 0 Å². The normalized spacial score (nSPS) is 47.8. The Hall–Kier alpha value is -0.640. The number of fused-ring (bicyclic) bond motifs is 2. The molecule has 2 aliphatic heterocycles. The van der Waals surface area contributed by atoms with Crippen LogP contribution in [0.4, 0.5) is 0 Å². The standard InChI is InChI=1S/C8H10O3/c9-7-5-3-1-2-4-6(11-5)8(7)10/h1-10H/t5-,6+,7+,8-. The Labute approximate surface area is 64.6 Å². The predicted octanol–water partition coefficient (Wildman–Crippen LogP) is -0.398. The molecule has 3 nitrogen and oxygen atoms in total. The van der Waals surface area contributed by atoms with E-state index in [1.165, 1.54) is 0 Å². The van der Waals surface area contributed by atoms with Crippen molar-refractivity contribution in [2.45, 2.75) is 24.4 Å². The zero-order chi connectivity index (χ0) is 7.84. The van der Waals surface area contributed by atoms with Crippen molar-refractivity contribution in [1.29, 1.82) is 0 Å². The zero-order valence-electron chi connectivity index (χ0n) is 5.92. The third-order valence-corrected chi connectivity index (χ3v) is 2.05. The van der Waals surface area contributed by atoms with Crippen molar-refractivity contribution in [3.63, 3.8) is 0 Å². The lowest BCUT2D eigenvalue weighted by molar-refractivity contribution is 0.0392. The highest BCUT2D eigenvalue weighted by Crippen LogP contribution is 2.24. The van der Waals surface area contributed by atoms with Gasteiger partial charge in [0.15, 0.2) is 0 Å². The SMILES string of the molecule is O[C@@H]1[C@H](O)[C@@H]2C=CC=C[C@H]1O2. The molecule has 4 atom stereocenters. The van der Waals surface area contributed by atoms with Crippen LogP contribution in [0.1, 0.15) is 0 Å². The van der Waals surface area contributed by atoms with E-state index in [4.69, 9.17) is 4.74 Å². The van der Waals surface area contributed by atoms with Crippen LogP contribution in [0, 0.1) is 0 Å². The van der Waals surface area contributed by atoms with E-state index in [1.54, 1.807) is 12.2 Å². The molecule has 0 radical (unpaired) electrons. The molecule has 2 aliphatic rings. The summed E-state index contributed by atoms with van der Waals surface area (Å²) in [6.45, 7) is 0. The Balaban J connectivity index is 2.26. The van der Waals surface area contributed by atoms with Gasteiger partial charge in [0, 0.05) is 0 Å². The first kappa shape index (κ1) is 7.03. The van der Waals surface area contributed by atoms with Crippen LogP contribution in [-0.2, 0) is 4.74 Å². The van der Waals surface area contributed by atoms with Crippen LogP contribution in [0.2, 0.25) is 0 Å². The first-order valence-corrected chi connectivity index (χ1v) is 3.65. The maximum absolute atomic E-state index is 9.33. The van der Waals surface area contributed by atoms with E-state index in [2.05, 4.69) is 0 Å². The molecule has 0 aromatic heterocycles. The van der Waals surface area contributed by atoms with Gasteiger partial charge in [-0.25, -0.2) is 0 Å². The summed E-state index contributed by atoms with van der Waals surface area (Å²) < 4.78 is 5.27. The average molecular weight is 154 g/mol. The third kappa shape index (κ3) is 1.01. The van der Waals surface area contributed by atoms with Gasteiger partial charge in [-0.2, -0.15) is 0 Å². The minimum absolute atomic E-state index is 0.343. The Bertz CT molecular complexity index is 187. The molecule has 0 aromatic carbocycles. The topological polar surface area (TPSA) is 49.7 Å². The molecule has 0 aromatic rings. The molecule has 11 heavy (non-hydrogen) atoms. The fourth-order valence-electron chi connectivity index (χ4n) is 1.40. The number of hydrogen-bond acceptors (Lipinski definition) is 3. The van der Waals surface area contributed by atoms with Crippen LogP contribution < -0.4 is 0 Å². The van der Waals surface area contributed by atoms with Gasteiger partial charge in [0.25, 0.3) is 0 Å². The minimum Gasteiger partial charge on any atom is -0.387 e. The van der Waals surface area contributed by atoms with Gasteiger partial charge < -0.3 is 14.9 Å². The highest BCUT2D eigenvalue weighted by atomic mass is 16.5. The van der Waals surface area contributed by atoms with Gasteiger partial charge in [0.1, 0.15) is 24.4 Å². The smallest absolute Gasteiger partial charge is 0.112 e. The lowest BCUT2D eigenvalue weighted by Gasteiger charge is -2.10. The van der Waals surface area contributed by atoms with Crippen molar-refractivity contribution in [1.82, 2.24) is 0 Å². The molecule has 3 heteroatoms. The first-order valence-electron chi connectivity index (χ1n) is 3.65. The van der Waals surface area contributed by atoms with Gasteiger partial charge in [-0.05, 0) is 0 Å². The number of aliphatic hydroxyl groups is 2. The van der Waals surface area contributed by atoms with E-state index in [9.17, 15) is 10.2 Å². The number of hydrogen-bond donors (Lipinski definition) is 2. The summed E-state index contributed by atoms with van der Waals surface area (Å²) in [4.78, 5) is 0. The molecule has 0 aliphatic carbocycles. The van der Waals surface area contributed by atoms with Gasteiger partial charge in [0.05, 0.1) is 0 Å². The van der Waals surface area contributed by atoms with Crippen molar-refractivity contribution in [3.05, 3.63) is 24.3 Å². The van der Waals surface area contributed by atoms with Gasteiger partial charge in [0.2, 0.25) is 0 Å². The second kappa shape index (κ2) is 2.44. The van der Waals surface area contributed by atoms with E-state index in [1.807, 2.05) is 12.2 Å². The maximum atomic E-state index is 9.33. The molecule has 1 fully saturated rings. The number of allylic oxidation sites excluding steroid dienone is 2. The molecule has 0 saturated carbocycles. The molecular formula is C8H10O3. The maximum Gasteiger partial charge on any atom is 0.112 e. The van der Waals surface area contributed by atoms with Crippen LogP contribution in [0.5, 0.6) is 0 Å². The van der Waals surface area contributed by atoms with Crippen LogP contribution in [0.15, 0.2) is 24.3 Å². The molecule has 2 N–H and O–H groups in total. The number of aliphatic hydroxyl groups excluding tert-OH is 2. The Morgan fingerprint density at radius 3 is 1.82 bits per heavy atom. The molecular weight excluding hydrogens is 144 g/mol. The predicted molar refractivity (Wildman–Crippen MR) is 39.0 cm³/mol. The fraction of sp³-hybridized carbons (Fsp3) is 0.500. The minimum atomic E-state index is -0.777. The molecule has 0 spiro atoms. The Morgan fingerprint density at radius 1 is 0.909 bits per heavy atom. The summed E-state index contributed by atoms with van der Waals surface area (Å²) in [7, 11) is 0. The van der Waals surface area contributed by atoms with Crippen molar-refractivity contribution in [2.75, 3.05) is 0 Å². The van der Waals surface area contributed by atoms with Crippen LogP contribution in [-0.4, -0.2) is 34.6 Å². The van der Waals surface area contributed by atoms with Gasteiger partial charge in [-0.3, -0.25) is 0 Å². The van der Waals surface area contributed by atoms with Crippen LogP contribution in [0.3, 0.4) is 0 Å². The molecule has 0 unspecified atom stereocenters. The summed E-state index contributed by atoms with van der Waals surface area (Å²) in [6.07, 6.45) is 4.89. The van der Waals surface area contributed by atoms with Gasteiger partial charge in [-0.1, -0.05) is 24.3 Å². The molecule has 0 amide bonds. The average Bonchev–Trinajstić information content (AvgIpc) is 2.31. The van der Waals surface area contributed by atoms with Gasteiger partial charge in [-0.15, -0.1) is 0 Å². The third-order valence-electron chi connectivity index (χ3n) is 2.05. The highest BCUT2D eigenvalue weighted by molar-refractivity contribution is 5.17. The fourth-order valence-corrected chi connectivity index (χ4v) is 1.40. The van der Waals surface area contributed by atoms with E-state index in [0.29, 0.717) is 0 Å². The summed E-state index contributed by atoms with van der Waals surface area (Å²) in [5.41, 5.74) is 0. The second-order valence-corrected chi connectivity index (χ2v) is 2.82. The Morgan fingerprint density at radius 2 is 1.36 bits per heavy atom. The largest absolute Gasteiger partial charge is 0.387 e. The number of ether oxygens (including phenoxy) is 1. The molecule has 2 rings (SSSR count). The molecule has 1 saturated heterocycles. The lowest BCUT2D eigenvalue weighted by Crippen LogP contribution is -2.31. The number of rotatable bonds is 0. The van der Waals surface area contributed by atoms with Crippen molar-refractivity contribution in [2.24, 2.45) is 0 Å².